The van der Waals surface area contributed by atoms with E-state index >= 15 is 0 Å². The molecule has 12 rings (SSSR count). The van der Waals surface area contributed by atoms with E-state index in [-0.39, 0.29) is 97.7 Å². The Balaban J connectivity index is 0.000000784. The fraction of sp³-hybridized carbons (Fsp3) is 0.333. The quantitative estimate of drug-likeness (QED) is 0.0242. The topological polar surface area (TPSA) is 121 Å². The monoisotopic (exact) mass is 2490 g/mol. The fourth-order valence-electron chi connectivity index (χ4n) is 14.5. The Labute approximate surface area is 853 Å². The van der Waals surface area contributed by atoms with E-state index in [1.54, 1.807) is 109 Å². The van der Waals surface area contributed by atoms with Crippen LogP contribution < -0.4 is 0 Å². The van der Waals surface area contributed by atoms with E-state index in [2.05, 4.69) is 160 Å². The first kappa shape index (κ1) is 122. The van der Waals surface area contributed by atoms with E-state index in [0.717, 1.165) is 0 Å². The number of fused-ring (bicyclic) bond motifs is 6. The molecule has 0 radical (unpaired) electrons. The van der Waals surface area contributed by atoms with Gasteiger partial charge in [0.25, 0.3) is 0 Å². The van der Waals surface area contributed by atoms with E-state index in [9.17, 15) is 30.6 Å². The smallest absolute Gasteiger partial charge is 0.509 e. The van der Waals surface area contributed by atoms with Crippen molar-refractivity contribution in [1.82, 2.24) is 0 Å². The third kappa shape index (κ3) is 34.2. The van der Waals surface area contributed by atoms with Crippen LogP contribution in [0.2, 0.25) is 30.1 Å². The summed E-state index contributed by atoms with van der Waals surface area (Å²) in [7, 11) is 2.68. The SMILES string of the molecule is CCP(CC)CC.CCP(CC)CC.CCP(CC)CC.CCP(CC)CC.CCP(CC)CC.CCP(CC)CC.[C-]#Cc1cc(O)c(-c2c(O)cc(C#[C-])c3cc(Cl)ccc23)c2ccc(Cl)cc12.[C-]#Cc1cc(O)c(-c2c(O)cc(C#[C-])c3cc(Cl)ccc23)c2ccc(Cl)cc12.[C-]#Cc1cc(O)c(-c2c(O)cc(C#[C-])c3cc(Cl)ccc23)c2ccc(Cl)cc12.[Pt+2].[Pt+2].[Pt+2]. The number of aromatic hydroxyl groups is 6. The molecule has 12 aromatic carbocycles. The van der Waals surface area contributed by atoms with Crippen LogP contribution in [0.5, 0.6) is 34.5 Å². The van der Waals surface area contributed by atoms with Crippen LogP contribution in [0.25, 0.3) is 98.0 Å². The van der Waals surface area contributed by atoms with Crippen molar-refractivity contribution in [3.05, 3.63) is 248 Å². The molecule has 0 saturated heterocycles. The minimum absolute atomic E-state index is 0. The van der Waals surface area contributed by atoms with Gasteiger partial charge in [0.05, 0.1) is 0 Å². The van der Waals surface area contributed by atoms with Crippen molar-refractivity contribution < 1.29 is 93.8 Å². The van der Waals surface area contributed by atoms with Gasteiger partial charge < -0.3 is 69.2 Å². The number of benzene rings is 12. The van der Waals surface area contributed by atoms with Crippen LogP contribution >= 0.6 is 117 Å². The van der Waals surface area contributed by atoms with E-state index in [1.807, 2.05) is 0 Å². The summed E-state index contributed by atoms with van der Waals surface area (Å²) >= 11 is 36.7. The molecule has 129 heavy (non-hydrogen) atoms. The van der Waals surface area contributed by atoms with Crippen molar-refractivity contribution in [2.24, 2.45) is 0 Å². The molecular formula is C108H120Cl6O6P6Pt3. The Morgan fingerprint density at radius 3 is 0.364 bits per heavy atom. The van der Waals surface area contributed by atoms with Crippen LogP contribution in [0.15, 0.2) is 146 Å². The van der Waals surface area contributed by atoms with Gasteiger partial charge in [-0.15, -0.1) is 80.9 Å². The number of rotatable bonds is 21. The van der Waals surface area contributed by atoms with Gasteiger partial charge in [0, 0.05) is 63.5 Å². The molecule has 0 aromatic heterocycles. The molecule has 0 fully saturated rings. The molecule has 0 saturated carbocycles. The molecule has 0 heterocycles. The summed E-state index contributed by atoms with van der Waals surface area (Å²) in [5, 5.41) is 74.9. The maximum Gasteiger partial charge on any atom is 2.00 e. The molecule has 6 N–H and O–H groups in total. The van der Waals surface area contributed by atoms with Gasteiger partial charge in [-0.2, -0.15) is 0 Å². The van der Waals surface area contributed by atoms with Gasteiger partial charge in [0.1, 0.15) is 34.5 Å². The van der Waals surface area contributed by atoms with Crippen molar-refractivity contribution >= 4 is 182 Å². The van der Waals surface area contributed by atoms with Crippen molar-refractivity contribution in [3.63, 3.8) is 0 Å². The second-order valence-corrected chi connectivity index (χ2v) is 50.6. The summed E-state index contributed by atoms with van der Waals surface area (Å²) in [6, 6.07) is 39.0. The molecule has 0 aliphatic rings. The van der Waals surface area contributed by atoms with Crippen LogP contribution in [-0.2, 0) is 63.2 Å². The van der Waals surface area contributed by atoms with Crippen LogP contribution in [0.3, 0.4) is 0 Å². The van der Waals surface area contributed by atoms with Crippen LogP contribution in [0.4, 0.5) is 0 Å². The molecule has 0 amide bonds. The molecule has 0 aliphatic carbocycles. The number of halogens is 6. The van der Waals surface area contributed by atoms with Gasteiger partial charge in [-0.05, 0) is 180 Å². The summed E-state index contributed by atoms with van der Waals surface area (Å²) in [5.41, 5.74) is 4.68. The number of hydrogen-bond acceptors (Lipinski definition) is 6. The van der Waals surface area contributed by atoms with Gasteiger partial charge in [-0.25, -0.2) is 0 Å². The van der Waals surface area contributed by atoms with Gasteiger partial charge in [0.2, 0.25) is 0 Å². The van der Waals surface area contributed by atoms with Crippen molar-refractivity contribution in [3.8, 4) is 103 Å². The number of phenols is 6. The number of phenolic OH excluding ortho intramolecular Hbond substituents is 6. The first-order chi connectivity index (χ1) is 60.4. The summed E-state index contributed by atoms with van der Waals surface area (Å²) in [6.07, 6.45) is 70.7. The first-order valence-corrected chi connectivity index (χ1v) is 56.7. The maximum absolute atomic E-state index is 10.8. The Hall–Kier alpha value is -5.26. The van der Waals surface area contributed by atoms with Crippen LogP contribution in [-0.4, -0.2) is 142 Å². The molecule has 0 bridgehead atoms. The zero-order valence-corrected chi connectivity index (χ0v) is 93.9. The molecule has 21 heteroatoms. The standard InChI is InChI=1S/3C24H10Cl2O2.6C6H15P.3Pt/c3*1-3-13-9-21(27)23(17-7-5-15(25)11-19(13)17)24-18-8-6-16(26)12-20(18)14(4-2)10-22(24)28;6*1-4-7(5-2)6-3;;;/h3*5-12,27-28H;6*4-6H2,1-3H3;;;/q3*-2;;;;;;;3*+2. The minimum Gasteiger partial charge on any atom is -0.509 e. The molecule has 6 nitrogen and oxygen atoms in total. The number of hydrogen-bond donors (Lipinski definition) is 6. The Morgan fingerprint density at radius 2 is 0.287 bits per heavy atom. The Kier molecular flexibility index (Phi) is 60.3. The van der Waals surface area contributed by atoms with Gasteiger partial charge in [-0.3, -0.25) is 35.5 Å². The molecule has 0 atom stereocenters. The summed E-state index contributed by atoms with van der Waals surface area (Å²) in [5.74, 6) is 13.2. The van der Waals surface area contributed by atoms with Gasteiger partial charge in [-0.1, -0.05) is 336 Å². The molecule has 0 unspecified atom stereocenters. The van der Waals surface area contributed by atoms with E-state index in [4.69, 9.17) is 108 Å². The molecule has 0 spiro atoms. The predicted molar refractivity (Wildman–Crippen MR) is 569 cm³/mol. The largest absolute Gasteiger partial charge is 2.00 e. The zero-order valence-electron chi connectivity index (χ0n) is 77.2. The third-order valence-corrected chi connectivity index (χ3v) is 39.6. The minimum atomic E-state index is -0.109. The maximum atomic E-state index is 10.8. The van der Waals surface area contributed by atoms with Crippen molar-refractivity contribution in [2.75, 3.05) is 111 Å². The average Bonchev–Trinajstić information content (AvgIpc) is 0.750. The average molecular weight is 2500 g/mol. The van der Waals surface area contributed by atoms with Crippen LogP contribution in [0.1, 0.15) is 158 Å². The second-order valence-electron chi connectivity index (χ2n) is 28.5. The van der Waals surface area contributed by atoms with E-state index in [0.29, 0.717) is 209 Å². The zero-order chi connectivity index (χ0) is 94.2. The fourth-order valence-corrected chi connectivity index (χ4v) is 23.6. The summed E-state index contributed by atoms with van der Waals surface area (Å²) < 4.78 is 0. The van der Waals surface area contributed by atoms with E-state index in [1.165, 1.54) is 147 Å². The van der Waals surface area contributed by atoms with Gasteiger partial charge in [0.15, 0.2) is 0 Å². The van der Waals surface area contributed by atoms with Crippen molar-refractivity contribution in [1.29, 1.82) is 0 Å². The predicted octanol–water partition coefficient (Wildman–Crippen LogP) is 33.9. The van der Waals surface area contributed by atoms with Crippen LogP contribution in [0, 0.1) is 74.1 Å². The molecule has 12 aromatic rings. The second kappa shape index (κ2) is 63.9. The van der Waals surface area contributed by atoms with E-state index < -0.39 is 0 Å². The molecule has 0 aliphatic heterocycles. The Morgan fingerprint density at radius 1 is 0.186 bits per heavy atom. The summed E-state index contributed by atoms with van der Waals surface area (Å²) in [6.45, 7) is 41.2. The van der Waals surface area contributed by atoms with Gasteiger partial charge >= 0.3 is 63.2 Å². The molecular weight excluding hydrogens is 2380 g/mol. The normalized spacial score (nSPS) is 10.3. The molecule has 690 valence electrons. The third-order valence-electron chi connectivity index (χ3n) is 22.1. The van der Waals surface area contributed by atoms with Crippen molar-refractivity contribution in [2.45, 2.75) is 125 Å². The first-order valence-electron chi connectivity index (χ1n) is 43.0. The Bertz CT molecular complexity index is 4930. The summed E-state index contributed by atoms with van der Waals surface area (Å²) in [4.78, 5) is 0.